The first-order valence-corrected chi connectivity index (χ1v) is 11.9. The molecule has 10 nitrogen and oxygen atoms in total. The molecule has 194 valence electrons. The van der Waals surface area contributed by atoms with Crippen LogP contribution in [0, 0.1) is 0 Å². The average Bonchev–Trinajstić information content (AvgIpc) is 2.91. The second-order valence-corrected chi connectivity index (χ2v) is 8.85. The largest absolute Gasteiger partial charge is 0.497 e. The van der Waals surface area contributed by atoms with Crippen LogP contribution in [-0.4, -0.2) is 73.5 Å². The fourth-order valence-corrected chi connectivity index (χ4v) is 4.40. The summed E-state index contributed by atoms with van der Waals surface area (Å²) in [5, 5.41) is 13.0. The Hall–Kier alpha value is -4.18. The number of methoxy groups -OCH3 is 1. The summed E-state index contributed by atoms with van der Waals surface area (Å²) >= 11 is 0. The Kier molecular flexibility index (Phi) is 7.88. The van der Waals surface area contributed by atoms with Crippen molar-refractivity contribution in [1.29, 1.82) is 0 Å². The number of ketones is 1. The second-order valence-electron chi connectivity index (χ2n) is 8.85. The molecule has 2 aromatic carbocycles. The highest BCUT2D eigenvalue weighted by molar-refractivity contribution is 5.94. The van der Waals surface area contributed by atoms with Gasteiger partial charge in [0.1, 0.15) is 17.4 Å². The molecule has 4 rings (SSSR count). The quantitative estimate of drug-likeness (QED) is 0.346. The van der Waals surface area contributed by atoms with Crippen LogP contribution in [0.2, 0.25) is 0 Å². The van der Waals surface area contributed by atoms with Crippen molar-refractivity contribution < 1.29 is 28.6 Å². The zero-order valence-electron chi connectivity index (χ0n) is 20.7. The number of nitrogens with zero attached hydrogens (tertiary/aromatic N) is 2. The number of rotatable bonds is 8. The van der Waals surface area contributed by atoms with Crippen LogP contribution in [0.15, 0.2) is 57.7 Å². The van der Waals surface area contributed by atoms with E-state index in [4.69, 9.17) is 9.15 Å². The molecule has 1 aliphatic rings. The molecule has 1 saturated heterocycles. The third-order valence-corrected chi connectivity index (χ3v) is 6.43. The van der Waals surface area contributed by atoms with E-state index >= 15 is 0 Å². The van der Waals surface area contributed by atoms with E-state index < -0.39 is 24.2 Å². The van der Waals surface area contributed by atoms with Gasteiger partial charge >= 0.3 is 5.63 Å². The fourth-order valence-electron chi connectivity index (χ4n) is 4.40. The van der Waals surface area contributed by atoms with Gasteiger partial charge < -0.3 is 29.4 Å². The highest BCUT2D eigenvalue weighted by Crippen LogP contribution is 2.23. The normalized spacial score (nSPS) is 14.4. The highest BCUT2D eigenvalue weighted by atomic mass is 16.5. The van der Waals surface area contributed by atoms with Crippen molar-refractivity contribution in [2.45, 2.75) is 19.4 Å². The van der Waals surface area contributed by atoms with Crippen LogP contribution in [0.4, 0.5) is 5.69 Å². The monoisotopic (exact) mass is 507 g/mol. The molecule has 0 bridgehead atoms. The van der Waals surface area contributed by atoms with Crippen molar-refractivity contribution in [1.82, 2.24) is 10.2 Å². The Bertz CT molecular complexity index is 1360. The van der Waals surface area contributed by atoms with Crippen LogP contribution >= 0.6 is 0 Å². The van der Waals surface area contributed by atoms with E-state index in [0.29, 0.717) is 54.0 Å². The van der Waals surface area contributed by atoms with Crippen molar-refractivity contribution in [2.24, 2.45) is 0 Å². The lowest BCUT2D eigenvalue weighted by Crippen LogP contribution is -2.56. The third-order valence-electron chi connectivity index (χ3n) is 6.43. The number of hydrogen-bond acceptors (Lipinski definition) is 8. The number of fused-ring (bicyclic) bond motifs is 1. The smallest absolute Gasteiger partial charge is 0.336 e. The molecule has 1 unspecified atom stereocenters. The number of aliphatic hydroxyl groups is 1. The van der Waals surface area contributed by atoms with Gasteiger partial charge in [0.15, 0.2) is 5.78 Å². The fraction of sp³-hybridized carbons (Fsp3) is 0.333. The Morgan fingerprint density at radius 1 is 1.05 bits per heavy atom. The van der Waals surface area contributed by atoms with Gasteiger partial charge in [-0.2, -0.15) is 0 Å². The number of piperazine rings is 1. The van der Waals surface area contributed by atoms with Crippen molar-refractivity contribution in [2.75, 3.05) is 44.8 Å². The van der Waals surface area contributed by atoms with Crippen LogP contribution in [0.1, 0.15) is 22.8 Å². The number of carbonyl (C=O) groups excluding carboxylic acids is 3. The third kappa shape index (κ3) is 5.97. The van der Waals surface area contributed by atoms with E-state index in [1.807, 2.05) is 12.1 Å². The van der Waals surface area contributed by atoms with Crippen molar-refractivity contribution in [3.63, 3.8) is 0 Å². The SMILES string of the molecule is COc1ccc2c(CC(=O)NC(CO)C(=O)N3CCN(c4ccc(C(C)=O)cc4)CC3)cc(=O)oc2c1. The Balaban J connectivity index is 1.37. The maximum absolute atomic E-state index is 13.0. The van der Waals surface area contributed by atoms with E-state index in [9.17, 15) is 24.3 Å². The van der Waals surface area contributed by atoms with E-state index in [1.165, 1.54) is 20.1 Å². The average molecular weight is 508 g/mol. The second kappa shape index (κ2) is 11.3. The van der Waals surface area contributed by atoms with E-state index in [-0.39, 0.29) is 18.1 Å². The van der Waals surface area contributed by atoms with Crippen molar-refractivity contribution >= 4 is 34.3 Å². The number of ether oxygens (including phenoxy) is 1. The minimum Gasteiger partial charge on any atom is -0.497 e. The van der Waals surface area contributed by atoms with Gasteiger partial charge in [-0.1, -0.05) is 0 Å². The van der Waals surface area contributed by atoms with Gasteiger partial charge in [0.2, 0.25) is 11.8 Å². The summed E-state index contributed by atoms with van der Waals surface area (Å²) in [4.78, 5) is 53.0. The standard InChI is InChI=1S/C27H29N3O7/c1-17(32)18-3-5-20(6-4-18)29-9-11-30(12-10-29)27(35)23(16-31)28-25(33)13-19-14-26(34)37-24-15-21(36-2)7-8-22(19)24/h3-8,14-15,23,31H,9-13,16H2,1-2H3,(H,28,33). The Labute approximate surface area is 213 Å². The van der Waals surface area contributed by atoms with Crippen LogP contribution in [0.3, 0.4) is 0 Å². The van der Waals surface area contributed by atoms with Gasteiger partial charge in [-0.25, -0.2) is 4.79 Å². The lowest BCUT2D eigenvalue weighted by Gasteiger charge is -2.37. The molecule has 2 amide bonds. The Morgan fingerprint density at radius 3 is 2.38 bits per heavy atom. The number of nitrogens with one attached hydrogen (secondary N) is 1. The molecule has 0 saturated carbocycles. The number of anilines is 1. The molecule has 1 fully saturated rings. The summed E-state index contributed by atoms with van der Waals surface area (Å²) in [6.45, 7) is 2.97. The van der Waals surface area contributed by atoms with Crippen molar-refractivity contribution in [3.05, 3.63) is 70.1 Å². The molecular formula is C27H29N3O7. The van der Waals surface area contributed by atoms with E-state index in [0.717, 1.165) is 5.69 Å². The van der Waals surface area contributed by atoms with Crippen LogP contribution in [0.5, 0.6) is 5.75 Å². The van der Waals surface area contributed by atoms with Crippen molar-refractivity contribution in [3.8, 4) is 5.75 Å². The van der Waals surface area contributed by atoms with Gasteiger partial charge in [0.25, 0.3) is 0 Å². The molecule has 1 atom stereocenters. The lowest BCUT2D eigenvalue weighted by atomic mass is 10.1. The maximum atomic E-state index is 13.0. The molecule has 0 aliphatic carbocycles. The van der Waals surface area contributed by atoms with Crippen LogP contribution < -0.4 is 20.6 Å². The summed E-state index contributed by atoms with van der Waals surface area (Å²) in [5.41, 5.74) is 1.73. The summed E-state index contributed by atoms with van der Waals surface area (Å²) in [5.74, 6) is -0.358. The predicted molar refractivity (Wildman–Crippen MR) is 137 cm³/mol. The van der Waals surface area contributed by atoms with Gasteiger partial charge in [-0.15, -0.1) is 0 Å². The number of benzene rings is 2. The molecule has 37 heavy (non-hydrogen) atoms. The number of hydrogen-bond donors (Lipinski definition) is 2. The number of aliphatic hydroxyl groups excluding tert-OH is 1. The van der Waals surface area contributed by atoms with Crippen LogP contribution in [-0.2, 0) is 16.0 Å². The zero-order valence-corrected chi connectivity index (χ0v) is 20.7. The minimum absolute atomic E-state index is 0.00297. The molecule has 1 aliphatic heterocycles. The van der Waals surface area contributed by atoms with Gasteiger partial charge in [0.05, 0.1) is 20.1 Å². The topological polar surface area (TPSA) is 129 Å². The molecule has 3 aromatic rings. The summed E-state index contributed by atoms with van der Waals surface area (Å²) in [7, 11) is 1.50. The molecule has 2 heterocycles. The Morgan fingerprint density at radius 2 is 1.76 bits per heavy atom. The summed E-state index contributed by atoms with van der Waals surface area (Å²) in [6.07, 6.45) is -0.164. The first-order chi connectivity index (χ1) is 17.8. The number of Topliss-reactive ketones (excluding diaryl/α,β-unsaturated/α-hetero) is 1. The van der Waals surface area contributed by atoms with Gasteiger partial charge in [-0.05, 0) is 48.9 Å². The molecule has 1 aromatic heterocycles. The number of carbonyl (C=O) groups is 3. The number of amides is 2. The maximum Gasteiger partial charge on any atom is 0.336 e. The van der Waals surface area contributed by atoms with Crippen LogP contribution in [0.25, 0.3) is 11.0 Å². The minimum atomic E-state index is -1.10. The van der Waals surface area contributed by atoms with E-state index in [2.05, 4.69) is 10.2 Å². The highest BCUT2D eigenvalue weighted by Gasteiger charge is 2.28. The predicted octanol–water partition coefficient (Wildman–Crippen LogP) is 1.37. The summed E-state index contributed by atoms with van der Waals surface area (Å²) < 4.78 is 10.4. The molecule has 10 heteroatoms. The first-order valence-electron chi connectivity index (χ1n) is 11.9. The summed E-state index contributed by atoms with van der Waals surface area (Å²) in [6, 6.07) is 12.4. The molecular weight excluding hydrogens is 478 g/mol. The first kappa shape index (κ1) is 25.9. The van der Waals surface area contributed by atoms with E-state index in [1.54, 1.807) is 35.2 Å². The molecule has 2 N–H and O–H groups in total. The zero-order chi connectivity index (χ0) is 26.5. The molecule has 0 spiro atoms. The lowest BCUT2D eigenvalue weighted by molar-refractivity contribution is -0.137. The van der Waals surface area contributed by atoms with Gasteiger partial charge in [-0.3, -0.25) is 14.4 Å². The molecule has 0 radical (unpaired) electrons. The van der Waals surface area contributed by atoms with Gasteiger partial charge in [0, 0.05) is 54.9 Å².